The second kappa shape index (κ2) is 6.25. The smallest absolute Gasteiger partial charge is 0.0208 e. The maximum absolute atomic E-state index is 3.58. The molecule has 0 amide bonds. The minimum atomic E-state index is 0.773. The highest BCUT2D eigenvalue weighted by Crippen LogP contribution is 2.33. The highest BCUT2D eigenvalue weighted by Gasteiger charge is 2.19. The van der Waals surface area contributed by atoms with E-state index in [2.05, 4.69) is 62.5 Å². The lowest BCUT2D eigenvalue weighted by atomic mass is 10.1. The van der Waals surface area contributed by atoms with Crippen molar-refractivity contribution in [1.29, 1.82) is 0 Å². The molecule has 1 fully saturated rings. The average molecular weight is 297 g/mol. The molecule has 1 nitrogen and oxygen atoms in total. The Morgan fingerprint density at radius 2 is 1.62 bits per heavy atom. The Bertz CT molecular complexity index is 644. The summed E-state index contributed by atoms with van der Waals surface area (Å²) in [5, 5.41) is 3.58. The fraction of sp³-hybridized carbons (Fsp3) is 0.368. The van der Waals surface area contributed by atoms with Gasteiger partial charge in [0.05, 0.1) is 0 Å². The summed E-state index contributed by atoms with van der Waals surface area (Å²) >= 11 is 1.87. The highest BCUT2D eigenvalue weighted by atomic mass is 32.2. The van der Waals surface area contributed by atoms with Crippen molar-refractivity contribution < 1.29 is 0 Å². The van der Waals surface area contributed by atoms with Crippen molar-refractivity contribution in [2.45, 2.75) is 56.0 Å². The van der Waals surface area contributed by atoms with E-state index in [0.29, 0.717) is 0 Å². The Hall–Kier alpha value is -1.25. The van der Waals surface area contributed by atoms with E-state index in [1.807, 2.05) is 11.8 Å². The molecular formula is C19H23NS. The van der Waals surface area contributed by atoms with Gasteiger partial charge in [-0.3, -0.25) is 0 Å². The second-order valence-electron chi connectivity index (χ2n) is 6.13. The minimum absolute atomic E-state index is 0.773. The molecule has 0 atom stereocenters. The van der Waals surface area contributed by atoms with Gasteiger partial charge in [-0.25, -0.2) is 0 Å². The fourth-order valence-corrected chi connectivity index (χ4v) is 3.47. The summed E-state index contributed by atoms with van der Waals surface area (Å²) in [4.78, 5) is 2.71. The van der Waals surface area contributed by atoms with Crippen LogP contribution in [0.15, 0.2) is 46.2 Å². The minimum Gasteiger partial charge on any atom is -0.310 e. The van der Waals surface area contributed by atoms with Gasteiger partial charge >= 0.3 is 0 Å². The molecule has 2 aromatic carbocycles. The van der Waals surface area contributed by atoms with Crippen LogP contribution in [0.4, 0.5) is 0 Å². The average Bonchev–Trinajstić information content (AvgIpc) is 3.26. The fourth-order valence-electron chi connectivity index (χ4n) is 2.52. The van der Waals surface area contributed by atoms with Crippen molar-refractivity contribution in [2.75, 3.05) is 0 Å². The summed E-state index contributed by atoms with van der Waals surface area (Å²) in [5.74, 6) is 0. The monoisotopic (exact) mass is 297 g/mol. The quantitative estimate of drug-likeness (QED) is 0.832. The van der Waals surface area contributed by atoms with Crippen LogP contribution in [0.3, 0.4) is 0 Å². The lowest BCUT2D eigenvalue weighted by molar-refractivity contribution is 0.687. The molecule has 0 unspecified atom stereocenters. The number of rotatable bonds is 5. The molecule has 2 aromatic rings. The molecule has 110 valence electrons. The van der Waals surface area contributed by atoms with Crippen molar-refractivity contribution in [1.82, 2.24) is 5.32 Å². The predicted octanol–water partition coefficient (Wildman–Crippen LogP) is 5.02. The second-order valence-corrected chi connectivity index (χ2v) is 7.21. The first-order valence-corrected chi connectivity index (χ1v) is 8.51. The van der Waals surface area contributed by atoms with E-state index in [-0.39, 0.29) is 0 Å². The van der Waals surface area contributed by atoms with Gasteiger partial charge in [0.2, 0.25) is 0 Å². The van der Waals surface area contributed by atoms with Crippen molar-refractivity contribution in [3.8, 4) is 0 Å². The van der Waals surface area contributed by atoms with E-state index >= 15 is 0 Å². The molecule has 0 heterocycles. The van der Waals surface area contributed by atoms with Crippen LogP contribution in [-0.4, -0.2) is 6.04 Å². The molecule has 0 bridgehead atoms. The zero-order chi connectivity index (χ0) is 14.8. The molecule has 1 N–H and O–H groups in total. The standard InChI is InChI=1S/C19H23NS/c1-13-4-8-18(14(2)10-13)21-19-9-5-16(11-15(19)3)12-20-17-6-7-17/h4-5,8-11,17,20H,6-7,12H2,1-3H3. The highest BCUT2D eigenvalue weighted by molar-refractivity contribution is 7.99. The van der Waals surface area contributed by atoms with Gasteiger partial charge in [-0.2, -0.15) is 0 Å². The summed E-state index contributed by atoms with van der Waals surface area (Å²) in [6.45, 7) is 7.56. The first-order valence-electron chi connectivity index (χ1n) is 7.70. The molecular weight excluding hydrogens is 274 g/mol. The van der Waals surface area contributed by atoms with Crippen molar-refractivity contribution in [3.05, 3.63) is 58.7 Å². The number of hydrogen-bond acceptors (Lipinski definition) is 2. The largest absolute Gasteiger partial charge is 0.310 e. The Kier molecular flexibility index (Phi) is 4.37. The first-order chi connectivity index (χ1) is 10.1. The van der Waals surface area contributed by atoms with Gasteiger partial charge in [0.25, 0.3) is 0 Å². The lowest BCUT2D eigenvalue weighted by Crippen LogP contribution is -2.15. The Morgan fingerprint density at radius 3 is 2.24 bits per heavy atom. The van der Waals surface area contributed by atoms with Crippen molar-refractivity contribution >= 4 is 11.8 Å². The van der Waals surface area contributed by atoms with E-state index in [1.54, 1.807) is 0 Å². The third-order valence-electron chi connectivity index (χ3n) is 3.96. The van der Waals surface area contributed by atoms with Crippen LogP contribution in [0, 0.1) is 20.8 Å². The first kappa shape index (κ1) is 14.7. The van der Waals surface area contributed by atoms with Crippen LogP contribution < -0.4 is 5.32 Å². The zero-order valence-corrected chi connectivity index (χ0v) is 13.9. The maximum Gasteiger partial charge on any atom is 0.0208 e. The van der Waals surface area contributed by atoms with Gasteiger partial charge in [0.1, 0.15) is 0 Å². The molecule has 1 aliphatic carbocycles. The molecule has 0 spiro atoms. The maximum atomic E-state index is 3.58. The molecule has 0 aliphatic heterocycles. The summed E-state index contributed by atoms with van der Waals surface area (Å²) < 4.78 is 0. The number of aryl methyl sites for hydroxylation is 3. The Labute approximate surface area is 132 Å². The van der Waals surface area contributed by atoms with Crippen molar-refractivity contribution in [2.24, 2.45) is 0 Å². The molecule has 21 heavy (non-hydrogen) atoms. The van der Waals surface area contributed by atoms with Crippen LogP contribution in [0.25, 0.3) is 0 Å². The number of hydrogen-bond donors (Lipinski definition) is 1. The summed E-state index contributed by atoms with van der Waals surface area (Å²) in [6, 6.07) is 14.3. The van der Waals surface area contributed by atoms with E-state index in [9.17, 15) is 0 Å². The van der Waals surface area contributed by atoms with Gasteiger partial charge < -0.3 is 5.32 Å². The van der Waals surface area contributed by atoms with Crippen LogP contribution in [0.2, 0.25) is 0 Å². The van der Waals surface area contributed by atoms with Crippen LogP contribution in [-0.2, 0) is 6.54 Å². The molecule has 3 rings (SSSR count). The summed E-state index contributed by atoms with van der Waals surface area (Å²) in [5.41, 5.74) is 5.45. The van der Waals surface area contributed by atoms with Gasteiger partial charge in [-0.15, -0.1) is 0 Å². The molecule has 0 radical (unpaired) electrons. The number of nitrogens with one attached hydrogen (secondary N) is 1. The third kappa shape index (κ3) is 3.90. The van der Waals surface area contributed by atoms with E-state index < -0.39 is 0 Å². The Balaban J connectivity index is 1.72. The van der Waals surface area contributed by atoms with Gasteiger partial charge in [0.15, 0.2) is 0 Å². The number of benzene rings is 2. The SMILES string of the molecule is Cc1ccc(Sc2ccc(CNC3CC3)cc2C)c(C)c1. The summed E-state index contributed by atoms with van der Waals surface area (Å²) in [7, 11) is 0. The van der Waals surface area contributed by atoms with E-state index in [0.717, 1.165) is 12.6 Å². The molecule has 1 aliphatic rings. The van der Waals surface area contributed by atoms with Crippen molar-refractivity contribution in [3.63, 3.8) is 0 Å². The molecule has 2 heteroatoms. The van der Waals surface area contributed by atoms with Gasteiger partial charge in [-0.05, 0) is 62.4 Å². The van der Waals surface area contributed by atoms with Crippen LogP contribution in [0.1, 0.15) is 35.1 Å². The third-order valence-corrected chi connectivity index (χ3v) is 5.32. The summed E-state index contributed by atoms with van der Waals surface area (Å²) in [6.07, 6.45) is 2.69. The Morgan fingerprint density at radius 1 is 0.952 bits per heavy atom. The molecule has 1 saturated carbocycles. The van der Waals surface area contributed by atoms with Gasteiger partial charge in [0, 0.05) is 22.4 Å². The van der Waals surface area contributed by atoms with Crippen LogP contribution in [0.5, 0.6) is 0 Å². The normalized spacial score (nSPS) is 14.4. The zero-order valence-electron chi connectivity index (χ0n) is 13.1. The van der Waals surface area contributed by atoms with E-state index in [4.69, 9.17) is 0 Å². The topological polar surface area (TPSA) is 12.0 Å². The molecule has 0 saturated heterocycles. The van der Waals surface area contributed by atoms with E-state index in [1.165, 1.54) is 44.9 Å². The lowest BCUT2D eigenvalue weighted by Gasteiger charge is -2.11. The predicted molar refractivity (Wildman–Crippen MR) is 91.1 cm³/mol. The van der Waals surface area contributed by atoms with Crippen LogP contribution >= 0.6 is 11.8 Å². The van der Waals surface area contributed by atoms with Gasteiger partial charge in [-0.1, -0.05) is 41.6 Å². The molecule has 0 aromatic heterocycles.